The maximum absolute atomic E-state index is 4.03. The van der Waals surface area contributed by atoms with Gasteiger partial charge in [-0.3, -0.25) is 4.99 Å². The number of hydrogen-bond acceptors (Lipinski definition) is 1. The molecule has 0 aromatic rings. The predicted octanol–water partition coefficient (Wildman–Crippen LogP) is 2.43. The van der Waals surface area contributed by atoms with E-state index < -0.39 is 0 Å². The number of allylic oxidation sites excluding steroid dienone is 1. The van der Waals surface area contributed by atoms with Crippen LogP contribution in [0.4, 0.5) is 0 Å². The molecule has 0 bridgehead atoms. The Kier molecular flexibility index (Phi) is 5.18. The van der Waals surface area contributed by atoms with E-state index >= 15 is 0 Å². The number of rotatable bonds is 0. The van der Waals surface area contributed by atoms with Crippen molar-refractivity contribution in [3.63, 3.8) is 0 Å². The van der Waals surface area contributed by atoms with Crippen LogP contribution in [0.2, 0.25) is 0 Å². The summed E-state index contributed by atoms with van der Waals surface area (Å²) in [5.41, 5.74) is 1.17. The summed E-state index contributed by atoms with van der Waals surface area (Å²) in [4.78, 5) is 4.03. The lowest BCUT2D eigenvalue weighted by molar-refractivity contribution is 0.825. The molecule has 1 heteroatoms. The van der Waals surface area contributed by atoms with Crippen LogP contribution in [-0.4, -0.2) is 12.8 Å². The van der Waals surface area contributed by atoms with Gasteiger partial charge in [-0.25, -0.2) is 0 Å². The first-order valence-electron chi connectivity index (χ1n) is 3.57. The highest BCUT2D eigenvalue weighted by Gasteiger charge is 1.93. The van der Waals surface area contributed by atoms with E-state index in [4.69, 9.17) is 0 Å². The van der Waals surface area contributed by atoms with Crippen molar-refractivity contribution in [2.24, 2.45) is 4.99 Å². The van der Waals surface area contributed by atoms with E-state index in [1.807, 2.05) is 20.1 Å². The quantitative estimate of drug-likeness (QED) is 0.471. The highest BCUT2D eigenvalue weighted by molar-refractivity contribution is 5.78. The third-order valence-electron chi connectivity index (χ3n) is 1.06. The molecule has 52 valence electrons. The second-order valence-electron chi connectivity index (χ2n) is 1.80. The smallest absolute Gasteiger partial charge is 0.0392 e. The molecule has 1 aliphatic heterocycles. The van der Waals surface area contributed by atoms with Gasteiger partial charge in [0.15, 0.2) is 0 Å². The molecule has 0 fully saturated rings. The van der Waals surface area contributed by atoms with Crippen LogP contribution in [0.1, 0.15) is 26.7 Å². The molecule has 1 nitrogen and oxygen atoms in total. The van der Waals surface area contributed by atoms with Gasteiger partial charge in [-0.1, -0.05) is 20.4 Å². The molecule has 0 saturated carbocycles. The Morgan fingerprint density at radius 3 is 2.44 bits per heavy atom. The molecule has 0 radical (unpaired) electrons. The van der Waals surface area contributed by atoms with Crippen molar-refractivity contribution in [1.82, 2.24) is 0 Å². The highest BCUT2D eigenvalue weighted by atomic mass is 14.7. The maximum Gasteiger partial charge on any atom is 0.0392 e. The fourth-order valence-corrected chi connectivity index (χ4v) is 0.656. The second-order valence-corrected chi connectivity index (χ2v) is 1.80. The summed E-state index contributed by atoms with van der Waals surface area (Å²) in [6, 6.07) is 0. The molecule has 0 aromatic heterocycles. The van der Waals surface area contributed by atoms with Crippen LogP contribution < -0.4 is 0 Å². The fraction of sp³-hybridized carbons (Fsp3) is 0.625. The summed E-state index contributed by atoms with van der Waals surface area (Å²) in [7, 11) is 0. The van der Waals surface area contributed by atoms with Gasteiger partial charge in [0.1, 0.15) is 0 Å². The molecule has 0 aliphatic carbocycles. The first kappa shape index (κ1) is 8.41. The van der Waals surface area contributed by atoms with Crippen LogP contribution in [0, 0.1) is 0 Å². The van der Waals surface area contributed by atoms with Crippen molar-refractivity contribution in [3.05, 3.63) is 12.2 Å². The van der Waals surface area contributed by atoms with Gasteiger partial charge < -0.3 is 0 Å². The van der Waals surface area contributed by atoms with Crippen molar-refractivity contribution in [2.75, 3.05) is 6.54 Å². The number of nitrogens with zero attached hydrogens (tertiary/aromatic N) is 1. The second kappa shape index (κ2) is 5.54. The molecule has 0 spiro atoms. The highest BCUT2D eigenvalue weighted by Crippen LogP contribution is 2.03. The van der Waals surface area contributed by atoms with Crippen LogP contribution in [-0.2, 0) is 0 Å². The molecular formula is C8H15N. The summed E-state index contributed by atoms with van der Waals surface area (Å²) < 4.78 is 0. The van der Waals surface area contributed by atoms with Gasteiger partial charge in [0.25, 0.3) is 0 Å². The Balaban J connectivity index is 0.000000291. The third-order valence-corrected chi connectivity index (χ3v) is 1.06. The summed E-state index contributed by atoms with van der Waals surface area (Å²) >= 11 is 0. The Morgan fingerprint density at radius 1 is 1.56 bits per heavy atom. The SMILES string of the molecule is C=C1C=NCCC1.CC. The Morgan fingerprint density at radius 2 is 2.22 bits per heavy atom. The average Bonchev–Trinajstić information content (AvgIpc) is 1.94. The molecular weight excluding hydrogens is 110 g/mol. The molecule has 0 amide bonds. The molecule has 0 aromatic carbocycles. The fourth-order valence-electron chi connectivity index (χ4n) is 0.656. The Hall–Kier alpha value is -0.590. The standard InChI is InChI=1S/C6H9N.C2H6/c1-6-3-2-4-7-5-6;1-2/h5H,1-4H2;1-2H3. The van der Waals surface area contributed by atoms with Crippen LogP contribution in [0.5, 0.6) is 0 Å². The molecule has 0 N–H and O–H groups in total. The van der Waals surface area contributed by atoms with Gasteiger partial charge in [0.05, 0.1) is 0 Å². The molecule has 1 aliphatic rings. The van der Waals surface area contributed by atoms with E-state index in [9.17, 15) is 0 Å². The first-order valence-corrected chi connectivity index (χ1v) is 3.57. The van der Waals surface area contributed by atoms with Crippen LogP contribution in [0.25, 0.3) is 0 Å². The lowest BCUT2D eigenvalue weighted by atomic mass is 10.1. The summed E-state index contributed by atoms with van der Waals surface area (Å²) in [6.07, 6.45) is 4.20. The molecule has 9 heavy (non-hydrogen) atoms. The zero-order valence-corrected chi connectivity index (χ0v) is 6.35. The normalized spacial score (nSPS) is 16.4. The van der Waals surface area contributed by atoms with Crippen molar-refractivity contribution >= 4 is 6.21 Å². The number of hydrogen-bond donors (Lipinski definition) is 0. The minimum absolute atomic E-state index is 0.999. The van der Waals surface area contributed by atoms with E-state index in [1.165, 1.54) is 12.0 Å². The maximum atomic E-state index is 4.03. The zero-order valence-electron chi connectivity index (χ0n) is 6.35. The van der Waals surface area contributed by atoms with Gasteiger partial charge in [0.2, 0.25) is 0 Å². The monoisotopic (exact) mass is 125 g/mol. The van der Waals surface area contributed by atoms with Crippen molar-refractivity contribution in [2.45, 2.75) is 26.7 Å². The minimum Gasteiger partial charge on any atom is -0.293 e. The average molecular weight is 125 g/mol. The van der Waals surface area contributed by atoms with E-state index in [0.29, 0.717) is 0 Å². The predicted molar refractivity (Wildman–Crippen MR) is 43.1 cm³/mol. The van der Waals surface area contributed by atoms with Gasteiger partial charge in [0, 0.05) is 12.8 Å². The molecule has 1 heterocycles. The lowest BCUT2D eigenvalue weighted by Crippen LogP contribution is -1.93. The number of aliphatic imine (C=N–C) groups is 1. The molecule has 0 unspecified atom stereocenters. The summed E-state index contributed by atoms with van der Waals surface area (Å²) in [6.45, 7) is 8.76. The van der Waals surface area contributed by atoms with Gasteiger partial charge >= 0.3 is 0 Å². The van der Waals surface area contributed by atoms with Crippen molar-refractivity contribution in [3.8, 4) is 0 Å². The van der Waals surface area contributed by atoms with Crippen LogP contribution in [0.15, 0.2) is 17.1 Å². The summed E-state index contributed by atoms with van der Waals surface area (Å²) in [5.74, 6) is 0. The van der Waals surface area contributed by atoms with E-state index in [1.54, 1.807) is 0 Å². The van der Waals surface area contributed by atoms with Crippen molar-refractivity contribution in [1.29, 1.82) is 0 Å². The van der Waals surface area contributed by atoms with E-state index in [0.717, 1.165) is 13.0 Å². The van der Waals surface area contributed by atoms with E-state index in [2.05, 4.69) is 11.6 Å². The minimum atomic E-state index is 0.999. The van der Waals surface area contributed by atoms with E-state index in [-0.39, 0.29) is 0 Å². The summed E-state index contributed by atoms with van der Waals surface area (Å²) in [5, 5.41) is 0. The third kappa shape index (κ3) is 3.95. The van der Waals surface area contributed by atoms with Crippen LogP contribution in [0.3, 0.4) is 0 Å². The first-order chi connectivity index (χ1) is 4.39. The molecule has 1 rings (SSSR count). The largest absolute Gasteiger partial charge is 0.293 e. The lowest BCUT2D eigenvalue weighted by Gasteiger charge is -2.01. The molecule has 0 saturated heterocycles. The van der Waals surface area contributed by atoms with Crippen LogP contribution >= 0.6 is 0 Å². The van der Waals surface area contributed by atoms with Crippen molar-refractivity contribution < 1.29 is 0 Å². The Bertz CT molecular complexity index is 103. The Labute approximate surface area is 57.5 Å². The van der Waals surface area contributed by atoms with Gasteiger partial charge in [-0.05, 0) is 18.4 Å². The molecule has 0 atom stereocenters. The van der Waals surface area contributed by atoms with Gasteiger partial charge in [-0.2, -0.15) is 0 Å². The topological polar surface area (TPSA) is 12.4 Å². The zero-order chi connectivity index (χ0) is 7.11. The van der Waals surface area contributed by atoms with Gasteiger partial charge in [-0.15, -0.1) is 0 Å².